The lowest BCUT2D eigenvalue weighted by Gasteiger charge is -2.37. The molecule has 1 saturated heterocycles. The number of fused-ring (bicyclic) bond motifs is 1. The molecule has 0 spiro atoms. The number of carbonyl (C=O) groups is 1. The summed E-state index contributed by atoms with van der Waals surface area (Å²) in [4.78, 5) is 12.3. The Labute approximate surface area is 132 Å². The number of aliphatic hydroxyl groups excluding tert-OH is 1. The molecule has 3 rings (SSSR count). The highest BCUT2D eigenvalue weighted by atomic mass is 16.3. The molecule has 2 aliphatic heterocycles. The zero-order valence-electron chi connectivity index (χ0n) is 13.7. The van der Waals surface area contributed by atoms with Crippen LogP contribution in [-0.2, 0) is 4.79 Å². The van der Waals surface area contributed by atoms with Gasteiger partial charge in [0, 0.05) is 18.2 Å². The highest BCUT2D eigenvalue weighted by Crippen LogP contribution is 2.47. The Balaban J connectivity index is 2.09. The molecular weight excluding hydrogens is 276 g/mol. The molecule has 0 radical (unpaired) electrons. The average molecular weight is 300 g/mol. The Kier molecular flexibility index (Phi) is 3.62. The quantitative estimate of drug-likeness (QED) is 0.933. The molecule has 1 fully saturated rings. The van der Waals surface area contributed by atoms with Gasteiger partial charge in [-0.15, -0.1) is 0 Å². The maximum Gasteiger partial charge on any atom is 0.242 e. The van der Waals surface area contributed by atoms with Gasteiger partial charge in [-0.25, -0.2) is 5.01 Å². The standard InChI is InChI=1S/C18H24N2O2/c1-12(2)17(22)14-11-19-15(21)10-18(3,4)20(19)16(14)13-8-6-5-7-9-13/h5-9,11-12,16-17,22H,10H2,1-4H3. The van der Waals surface area contributed by atoms with Gasteiger partial charge < -0.3 is 5.11 Å². The molecule has 2 atom stereocenters. The van der Waals surface area contributed by atoms with Gasteiger partial charge in [-0.3, -0.25) is 4.79 Å². The number of aliphatic hydroxyl groups is 1. The predicted octanol–water partition coefficient (Wildman–Crippen LogP) is 2.87. The maximum atomic E-state index is 12.3. The molecule has 2 aliphatic rings. The van der Waals surface area contributed by atoms with Crippen molar-refractivity contribution in [2.75, 3.05) is 0 Å². The fourth-order valence-corrected chi connectivity index (χ4v) is 3.50. The molecule has 0 saturated carbocycles. The molecule has 0 aliphatic carbocycles. The Morgan fingerprint density at radius 3 is 2.45 bits per heavy atom. The number of carbonyl (C=O) groups excluding carboxylic acids is 1. The van der Waals surface area contributed by atoms with E-state index < -0.39 is 6.10 Å². The minimum Gasteiger partial charge on any atom is -0.388 e. The summed E-state index contributed by atoms with van der Waals surface area (Å²) < 4.78 is 0. The summed E-state index contributed by atoms with van der Waals surface area (Å²) in [5, 5.41) is 14.5. The molecule has 1 amide bonds. The second-order valence-corrected chi connectivity index (χ2v) is 7.20. The van der Waals surface area contributed by atoms with Gasteiger partial charge in [0.2, 0.25) is 5.91 Å². The summed E-state index contributed by atoms with van der Waals surface area (Å²) in [6.45, 7) is 8.16. The molecule has 1 aromatic carbocycles. The van der Waals surface area contributed by atoms with E-state index in [9.17, 15) is 9.90 Å². The van der Waals surface area contributed by atoms with Crippen LogP contribution in [0, 0.1) is 5.92 Å². The van der Waals surface area contributed by atoms with E-state index in [1.807, 2.05) is 38.2 Å². The Hall–Kier alpha value is -1.65. The summed E-state index contributed by atoms with van der Waals surface area (Å²) in [5.41, 5.74) is 1.76. The summed E-state index contributed by atoms with van der Waals surface area (Å²) >= 11 is 0. The van der Waals surface area contributed by atoms with E-state index in [0.29, 0.717) is 6.42 Å². The van der Waals surface area contributed by atoms with Crippen molar-refractivity contribution in [3.63, 3.8) is 0 Å². The van der Waals surface area contributed by atoms with Crippen molar-refractivity contribution in [1.82, 2.24) is 10.0 Å². The number of amides is 1. The molecule has 4 heteroatoms. The van der Waals surface area contributed by atoms with Crippen LogP contribution in [0.3, 0.4) is 0 Å². The van der Waals surface area contributed by atoms with Crippen LogP contribution in [0.25, 0.3) is 0 Å². The maximum absolute atomic E-state index is 12.3. The summed E-state index contributed by atoms with van der Waals surface area (Å²) in [6.07, 6.45) is 1.79. The van der Waals surface area contributed by atoms with E-state index in [1.165, 1.54) is 0 Å². The van der Waals surface area contributed by atoms with Crippen LogP contribution < -0.4 is 0 Å². The first-order valence-corrected chi connectivity index (χ1v) is 7.89. The van der Waals surface area contributed by atoms with Crippen LogP contribution in [0.15, 0.2) is 42.1 Å². The number of hydrogen-bond acceptors (Lipinski definition) is 3. The van der Waals surface area contributed by atoms with Crippen molar-refractivity contribution in [2.45, 2.75) is 51.8 Å². The fraction of sp³-hybridized carbons (Fsp3) is 0.500. The molecule has 4 nitrogen and oxygen atoms in total. The van der Waals surface area contributed by atoms with E-state index in [2.05, 4.69) is 31.0 Å². The highest BCUT2D eigenvalue weighted by Gasteiger charge is 2.52. The van der Waals surface area contributed by atoms with Gasteiger partial charge in [0.1, 0.15) is 0 Å². The fourth-order valence-electron chi connectivity index (χ4n) is 3.50. The number of benzene rings is 1. The van der Waals surface area contributed by atoms with Crippen molar-refractivity contribution in [3.8, 4) is 0 Å². The van der Waals surface area contributed by atoms with Gasteiger partial charge in [-0.2, -0.15) is 5.01 Å². The molecule has 22 heavy (non-hydrogen) atoms. The van der Waals surface area contributed by atoms with Crippen LogP contribution in [0.4, 0.5) is 0 Å². The molecule has 1 N–H and O–H groups in total. The molecule has 2 heterocycles. The summed E-state index contributed by atoms with van der Waals surface area (Å²) in [5.74, 6) is 0.203. The van der Waals surface area contributed by atoms with Crippen molar-refractivity contribution in [2.24, 2.45) is 5.92 Å². The van der Waals surface area contributed by atoms with Crippen molar-refractivity contribution in [3.05, 3.63) is 47.7 Å². The third-order valence-electron chi connectivity index (χ3n) is 4.61. The Morgan fingerprint density at radius 1 is 1.23 bits per heavy atom. The number of hydrazine groups is 1. The third kappa shape index (κ3) is 2.27. The van der Waals surface area contributed by atoms with Crippen molar-refractivity contribution in [1.29, 1.82) is 0 Å². The summed E-state index contributed by atoms with van der Waals surface area (Å²) in [7, 11) is 0. The molecular formula is C18H24N2O2. The highest BCUT2D eigenvalue weighted by molar-refractivity contribution is 5.81. The minimum atomic E-state index is -0.556. The van der Waals surface area contributed by atoms with Crippen LogP contribution in [-0.4, -0.2) is 32.7 Å². The van der Waals surface area contributed by atoms with Gasteiger partial charge in [0.25, 0.3) is 0 Å². The van der Waals surface area contributed by atoms with Gasteiger partial charge in [0.05, 0.1) is 12.1 Å². The number of hydrogen-bond donors (Lipinski definition) is 1. The van der Waals surface area contributed by atoms with Crippen LogP contribution in [0.2, 0.25) is 0 Å². The topological polar surface area (TPSA) is 43.8 Å². The normalized spacial score (nSPS) is 25.5. The van der Waals surface area contributed by atoms with Crippen LogP contribution >= 0.6 is 0 Å². The van der Waals surface area contributed by atoms with Gasteiger partial charge in [-0.1, -0.05) is 44.2 Å². The van der Waals surface area contributed by atoms with Gasteiger partial charge in [-0.05, 0) is 30.9 Å². The Morgan fingerprint density at radius 2 is 1.86 bits per heavy atom. The first-order valence-electron chi connectivity index (χ1n) is 7.89. The van der Waals surface area contributed by atoms with Crippen molar-refractivity contribution < 1.29 is 9.90 Å². The van der Waals surface area contributed by atoms with Crippen LogP contribution in [0.1, 0.15) is 45.7 Å². The number of rotatable bonds is 3. The first-order chi connectivity index (χ1) is 10.3. The third-order valence-corrected chi connectivity index (χ3v) is 4.61. The van der Waals surface area contributed by atoms with E-state index in [-0.39, 0.29) is 23.4 Å². The molecule has 118 valence electrons. The molecule has 0 bridgehead atoms. The minimum absolute atomic E-state index is 0.0833. The molecule has 2 unspecified atom stereocenters. The van der Waals surface area contributed by atoms with Gasteiger partial charge in [0.15, 0.2) is 0 Å². The van der Waals surface area contributed by atoms with Crippen molar-refractivity contribution >= 4 is 5.91 Å². The van der Waals surface area contributed by atoms with E-state index in [1.54, 1.807) is 5.01 Å². The van der Waals surface area contributed by atoms with E-state index in [0.717, 1.165) is 11.1 Å². The lowest BCUT2D eigenvalue weighted by atomic mass is 9.88. The van der Waals surface area contributed by atoms with E-state index >= 15 is 0 Å². The molecule has 1 aromatic rings. The Bertz CT molecular complexity index is 607. The first kappa shape index (κ1) is 15.3. The predicted molar refractivity (Wildman–Crippen MR) is 85.5 cm³/mol. The lowest BCUT2D eigenvalue weighted by Crippen LogP contribution is -2.44. The summed E-state index contributed by atoms with van der Waals surface area (Å²) in [6, 6.07) is 10.0. The zero-order chi connectivity index (χ0) is 16.1. The van der Waals surface area contributed by atoms with Gasteiger partial charge >= 0.3 is 0 Å². The SMILES string of the molecule is CC(C)C(O)C1=CN2C(=O)CC(C)(C)N2C1c1ccccc1. The second-order valence-electron chi connectivity index (χ2n) is 7.20. The average Bonchev–Trinajstić information content (AvgIpc) is 2.96. The zero-order valence-corrected chi connectivity index (χ0v) is 13.7. The second kappa shape index (κ2) is 5.21. The number of nitrogens with zero attached hydrogens (tertiary/aromatic N) is 2. The monoisotopic (exact) mass is 300 g/mol. The van der Waals surface area contributed by atoms with E-state index in [4.69, 9.17) is 0 Å². The van der Waals surface area contributed by atoms with Crippen LogP contribution in [0.5, 0.6) is 0 Å². The largest absolute Gasteiger partial charge is 0.388 e. The lowest BCUT2D eigenvalue weighted by molar-refractivity contribution is -0.134. The smallest absolute Gasteiger partial charge is 0.242 e. The molecule has 0 aromatic heterocycles.